The Balaban J connectivity index is 2.01. The van der Waals surface area contributed by atoms with Gasteiger partial charge in [0.2, 0.25) is 0 Å². The molecule has 0 aliphatic carbocycles. The van der Waals surface area contributed by atoms with Crippen molar-refractivity contribution < 1.29 is 8.83 Å². The maximum atomic E-state index is 11.8. The number of furan rings is 1. The zero-order valence-corrected chi connectivity index (χ0v) is 13.6. The molecular formula is C20H17NO3. The number of nitrogens with zero attached hydrogens (tertiary/aromatic N) is 1. The summed E-state index contributed by atoms with van der Waals surface area (Å²) >= 11 is 0. The highest BCUT2D eigenvalue weighted by Gasteiger charge is 2.13. The third kappa shape index (κ3) is 2.51. The van der Waals surface area contributed by atoms with Crippen LogP contribution in [-0.4, -0.2) is 19.0 Å². The number of benzene rings is 2. The first-order valence-electron chi connectivity index (χ1n) is 7.80. The zero-order chi connectivity index (χ0) is 16.7. The second kappa shape index (κ2) is 5.65. The highest BCUT2D eigenvalue weighted by atomic mass is 16.4. The molecule has 2 aromatic carbocycles. The number of hydrogen-bond donors (Lipinski definition) is 0. The van der Waals surface area contributed by atoms with Gasteiger partial charge in [-0.1, -0.05) is 30.3 Å². The Morgan fingerprint density at radius 2 is 1.75 bits per heavy atom. The summed E-state index contributed by atoms with van der Waals surface area (Å²) < 4.78 is 11.1. The second-order valence-corrected chi connectivity index (χ2v) is 6.19. The molecule has 0 saturated heterocycles. The quantitative estimate of drug-likeness (QED) is 0.529. The van der Waals surface area contributed by atoms with E-state index in [9.17, 15) is 4.79 Å². The predicted octanol–water partition coefficient (Wildman–Crippen LogP) is 4.27. The summed E-state index contributed by atoms with van der Waals surface area (Å²) in [4.78, 5) is 13.9. The highest BCUT2D eigenvalue weighted by molar-refractivity contribution is 6.02. The van der Waals surface area contributed by atoms with E-state index in [0.29, 0.717) is 17.7 Å². The summed E-state index contributed by atoms with van der Waals surface area (Å²) in [6, 6.07) is 15.5. The van der Waals surface area contributed by atoms with Gasteiger partial charge in [-0.3, -0.25) is 0 Å². The number of fused-ring (bicyclic) bond motifs is 2. The molecule has 0 unspecified atom stereocenters. The van der Waals surface area contributed by atoms with Crippen LogP contribution in [0.2, 0.25) is 0 Å². The maximum Gasteiger partial charge on any atom is 0.336 e. The fourth-order valence-electron chi connectivity index (χ4n) is 3.06. The lowest BCUT2D eigenvalue weighted by Crippen LogP contribution is -2.13. The first kappa shape index (κ1) is 14.7. The van der Waals surface area contributed by atoms with Crippen LogP contribution in [0.5, 0.6) is 0 Å². The molecule has 4 nitrogen and oxygen atoms in total. The Hall–Kier alpha value is -2.85. The van der Waals surface area contributed by atoms with Crippen LogP contribution in [-0.2, 0) is 6.54 Å². The number of rotatable bonds is 3. The molecule has 0 radical (unpaired) electrons. The SMILES string of the molecule is CN(C)Cc1cc(=O)oc2cc3occ(-c4ccccc4)c3cc12. The smallest absolute Gasteiger partial charge is 0.336 e. The van der Waals surface area contributed by atoms with E-state index in [-0.39, 0.29) is 5.63 Å². The molecule has 2 aromatic heterocycles. The lowest BCUT2D eigenvalue weighted by Gasteiger charge is -2.11. The Morgan fingerprint density at radius 3 is 2.50 bits per heavy atom. The molecule has 0 saturated carbocycles. The van der Waals surface area contributed by atoms with Crippen molar-refractivity contribution in [3.63, 3.8) is 0 Å². The lowest BCUT2D eigenvalue weighted by molar-refractivity contribution is 0.402. The van der Waals surface area contributed by atoms with Crippen molar-refractivity contribution in [3.8, 4) is 11.1 Å². The van der Waals surface area contributed by atoms with Crippen LogP contribution in [0.4, 0.5) is 0 Å². The van der Waals surface area contributed by atoms with Crippen molar-refractivity contribution in [3.05, 3.63) is 70.8 Å². The molecule has 0 aliphatic rings. The topological polar surface area (TPSA) is 46.6 Å². The molecule has 0 N–H and O–H groups in total. The van der Waals surface area contributed by atoms with Crippen LogP contribution >= 0.6 is 0 Å². The summed E-state index contributed by atoms with van der Waals surface area (Å²) in [5, 5.41) is 1.96. The van der Waals surface area contributed by atoms with Gasteiger partial charge in [0.1, 0.15) is 11.2 Å². The van der Waals surface area contributed by atoms with Gasteiger partial charge in [0, 0.05) is 35.0 Å². The van der Waals surface area contributed by atoms with Gasteiger partial charge in [-0.15, -0.1) is 0 Å². The van der Waals surface area contributed by atoms with Gasteiger partial charge in [0.25, 0.3) is 0 Å². The minimum Gasteiger partial charge on any atom is -0.464 e. The van der Waals surface area contributed by atoms with Gasteiger partial charge in [-0.05, 0) is 31.3 Å². The fraction of sp³-hybridized carbons (Fsp3) is 0.150. The van der Waals surface area contributed by atoms with E-state index in [1.165, 1.54) is 0 Å². The molecule has 24 heavy (non-hydrogen) atoms. The van der Waals surface area contributed by atoms with Gasteiger partial charge in [0.15, 0.2) is 0 Å². The van der Waals surface area contributed by atoms with Gasteiger partial charge >= 0.3 is 5.63 Å². The average molecular weight is 319 g/mol. The molecule has 0 spiro atoms. The zero-order valence-electron chi connectivity index (χ0n) is 13.6. The van der Waals surface area contributed by atoms with Crippen molar-refractivity contribution in [2.75, 3.05) is 14.1 Å². The largest absolute Gasteiger partial charge is 0.464 e. The predicted molar refractivity (Wildman–Crippen MR) is 95.1 cm³/mol. The van der Waals surface area contributed by atoms with E-state index in [1.54, 1.807) is 18.4 Å². The van der Waals surface area contributed by atoms with Crippen LogP contribution in [0.15, 0.2) is 68.4 Å². The molecule has 0 bridgehead atoms. The molecule has 0 fully saturated rings. The van der Waals surface area contributed by atoms with Crippen LogP contribution in [0.25, 0.3) is 33.1 Å². The Labute approximate surface area is 138 Å². The van der Waals surface area contributed by atoms with Crippen molar-refractivity contribution in [2.24, 2.45) is 0 Å². The van der Waals surface area contributed by atoms with E-state index < -0.39 is 0 Å². The fourth-order valence-corrected chi connectivity index (χ4v) is 3.06. The Kier molecular flexibility index (Phi) is 3.47. The van der Waals surface area contributed by atoms with E-state index in [0.717, 1.165) is 27.5 Å². The summed E-state index contributed by atoms with van der Waals surface area (Å²) in [6.45, 7) is 0.673. The molecule has 4 rings (SSSR count). The molecule has 0 aliphatic heterocycles. The van der Waals surface area contributed by atoms with Gasteiger partial charge in [0.05, 0.1) is 6.26 Å². The Bertz CT molecular complexity index is 1070. The first-order valence-corrected chi connectivity index (χ1v) is 7.80. The van der Waals surface area contributed by atoms with Crippen LogP contribution in [0, 0.1) is 0 Å². The monoisotopic (exact) mass is 319 g/mol. The second-order valence-electron chi connectivity index (χ2n) is 6.19. The molecular weight excluding hydrogens is 302 g/mol. The van der Waals surface area contributed by atoms with Gasteiger partial charge in [-0.25, -0.2) is 4.79 Å². The third-order valence-corrected chi connectivity index (χ3v) is 4.10. The molecule has 0 atom stereocenters. The molecule has 4 aromatic rings. The molecule has 0 amide bonds. The van der Waals surface area contributed by atoms with Crippen molar-refractivity contribution >= 4 is 21.9 Å². The van der Waals surface area contributed by atoms with Crippen LogP contribution < -0.4 is 5.63 Å². The average Bonchev–Trinajstić information content (AvgIpc) is 2.96. The van der Waals surface area contributed by atoms with E-state index in [2.05, 4.69) is 18.2 Å². The van der Waals surface area contributed by atoms with E-state index >= 15 is 0 Å². The van der Waals surface area contributed by atoms with Crippen molar-refractivity contribution in [1.82, 2.24) is 4.90 Å². The summed E-state index contributed by atoms with van der Waals surface area (Å²) in [5.41, 5.74) is 4.02. The maximum absolute atomic E-state index is 11.8. The Morgan fingerprint density at radius 1 is 0.958 bits per heavy atom. The van der Waals surface area contributed by atoms with E-state index in [1.807, 2.05) is 37.2 Å². The standard InChI is InChI=1S/C20H17NO3/c1-21(2)11-14-8-20(22)24-19-10-18-16(9-15(14)19)17(12-23-18)13-6-4-3-5-7-13/h3-10,12H,11H2,1-2H3. The normalized spacial score (nSPS) is 11.6. The minimum atomic E-state index is -0.339. The van der Waals surface area contributed by atoms with Gasteiger partial charge < -0.3 is 13.7 Å². The minimum absolute atomic E-state index is 0.339. The first-order chi connectivity index (χ1) is 11.6. The summed E-state index contributed by atoms with van der Waals surface area (Å²) in [6.07, 6.45) is 1.75. The van der Waals surface area contributed by atoms with E-state index in [4.69, 9.17) is 8.83 Å². The number of hydrogen-bond acceptors (Lipinski definition) is 4. The highest BCUT2D eigenvalue weighted by Crippen LogP contribution is 2.34. The third-order valence-electron chi connectivity index (χ3n) is 4.10. The molecule has 2 heterocycles. The molecule has 4 heteroatoms. The van der Waals surface area contributed by atoms with Crippen molar-refractivity contribution in [2.45, 2.75) is 6.54 Å². The van der Waals surface area contributed by atoms with Crippen LogP contribution in [0.3, 0.4) is 0 Å². The van der Waals surface area contributed by atoms with Crippen molar-refractivity contribution in [1.29, 1.82) is 0 Å². The molecule has 120 valence electrons. The van der Waals surface area contributed by atoms with Gasteiger partial charge in [-0.2, -0.15) is 0 Å². The lowest BCUT2D eigenvalue weighted by atomic mass is 10.0. The van der Waals surface area contributed by atoms with Crippen LogP contribution in [0.1, 0.15) is 5.56 Å². The summed E-state index contributed by atoms with van der Waals surface area (Å²) in [5.74, 6) is 0. The summed E-state index contributed by atoms with van der Waals surface area (Å²) in [7, 11) is 3.96.